The van der Waals surface area contributed by atoms with Gasteiger partial charge in [0.25, 0.3) is 11.2 Å². The van der Waals surface area contributed by atoms with Gasteiger partial charge in [-0.15, -0.1) is 0 Å². The van der Waals surface area contributed by atoms with Crippen LogP contribution >= 0.6 is 15.9 Å². The largest absolute Gasteiger partial charge is 0.395 e. The Balaban J connectivity index is 3.45. The fourth-order valence-electron chi connectivity index (χ4n) is 1.16. The van der Waals surface area contributed by atoms with Gasteiger partial charge in [0.1, 0.15) is 0 Å². The van der Waals surface area contributed by atoms with E-state index in [1.54, 1.807) is 0 Å². The summed E-state index contributed by atoms with van der Waals surface area (Å²) in [5.74, 6) is 0. The first-order valence-electron chi connectivity index (χ1n) is 4.13. The first kappa shape index (κ1) is 11.9. The van der Waals surface area contributed by atoms with Crippen LogP contribution in [0.5, 0.6) is 0 Å². The zero-order chi connectivity index (χ0) is 11.6. The van der Waals surface area contributed by atoms with Crippen LogP contribution in [0.2, 0.25) is 0 Å². The lowest BCUT2D eigenvalue weighted by molar-refractivity contribution is -0.386. The maximum atomic E-state index is 11.5. The van der Waals surface area contributed by atoms with Crippen LogP contribution in [0.4, 0.5) is 5.69 Å². The van der Waals surface area contributed by atoms with Crippen molar-refractivity contribution >= 4 is 21.6 Å². The molecule has 0 atom stereocenters. The third-order valence-corrected chi connectivity index (χ3v) is 2.91. The molecule has 1 aromatic heterocycles. The maximum absolute atomic E-state index is 11.5. The Bertz CT molecular complexity index is 455. The Morgan fingerprint density at radius 1 is 1.67 bits per heavy atom. The summed E-state index contributed by atoms with van der Waals surface area (Å²) in [6.45, 7) is 1.29. The number of halogens is 1. The summed E-state index contributed by atoms with van der Waals surface area (Å²) in [4.78, 5) is 21.6. The topological polar surface area (TPSA) is 85.4 Å². The molecule has 1 N–H and O–H groups in total. The Morgan fingerprint density at radius 2 is 2.27 bits per heavy atom. The summed E-state index contributed by atoms with van der Waals surface area (Å²) in [7, 11) is 0. The van der Waals surface area contributed by atoms with E-state index in [1.165, 1.54) is 6.92 Å². The number of hydrogen-bond donors (Lipinski definition) is 1. The minimum absolute atomic E-state index is 0.0402. The van der Waals surface area contributed by atoms with Gasteiger partial charge >= 0.3 is 0 Å². The lowest BCUT2D eigenvalue weighted by Gasteiger charge is -2.06. The molecule has 0 fully saturated rings. The molecular weight excluding hydrogens is 268 g/mol. The van der Waals surface area contributed by atoms with Crippen molar-refractivity contribution in [2.24, 2.45) is 0 Å². The molecule has 0 aliphatic heterocycles. The monoisotopic (exact) mass is 276 g/mol. The molecule has 0 aliphatic carbocycles. The van der Waals surface area contributed by atoms with Crippen molar-refractivity contribution in [3.63, 3.8) is 0 Å². The molecule has 82 valence electrons. The van der Waals surface area contributed by atoms with E-state index in [-0.39, 0.29) is 28.9 Å². The van der Waals surface area contributed by atoms with Gasteiger partial charge in [0, 0.05) is 12.1 Å². The van der Waals surface area contributed by atoms with Crippen molar-refractivity contribution in [1.29, 1.82) is 0 Å². The number of aliphatic hydroxyl groups excluding tert-OH is 1. The molecule has 1 aromatic rings. The highest BCUT2D eigenvalue weighted by atomic mass is 79.9. The molecule has 0 saturated heterocycles. The Hall–Kier alpha value is -1.21. The molecule has 0 radical (unpaired) electrons. The zero-order valence-corrected chi connectivity index (χ0v) is 9.52. The van der Waals surface area contributed by atoms with Crippen molar-refractivity contribution in [3.05, 3.63) is 36.7 Å². The SMILES string of the molecule is Cc1c([N+](=O)[O-])cn(CCO)c(=O)c1Br. The molecule has 0 saturated carbocycles. The number of pyridine rings is 1. The highest BCUT2D eigenvalue weighted by Gasteiger charge is 2.17. The number of nitro groups is 1. The lowest BCUT2D eigenvalue weighted by atomic mass is 10.2. The summed E-state index contributed by atoms with van der Waals surface area (Å²) >= 11 is 3.00. The van der Waals surface area contributed by atoms with Crippen LogP contribution in [-0.4, -0.2) is 21.2 Å². The van der Waals surface area contributed by atoms with Crippen molar-refractivity contribution in [3.8, 4) is 0 Å². The number of aliphatic hydroxyl groups is 1. The maximum Gasteiger partial charge on any atom is 0.289 e. The second-order valence-corrected chi connectivity index (χ2v) is 3.73. The van der Waals surface area contributed by atoms with Gasteiger partial charge in [-0.1, -0.05) is 0 Å². The van der Waals surface area contributed by atoms with Gasteiger partial charge in [0.15, 0.2) is 0 Å². The Kier molecular flexibility index (Phi) is 3.59. The smallest absolute Gasteiger partial charge is 0.289 e. The summed E-state index contributed by atoms with van der Waals surface area (Å²) in [6.07, 6.45) is 1.14. The second-order valence-electron chi connectivity index (χ2n) is 2.93. The molecule has 0 aliphatic rings. The van der Waals surface area contributed by atoms with Crippen LogP contribution in [-0.2, 0) is 6.54 Å². The van der Waals surface area contributed by atoms with Crippen LogP contribution in [0, 0.1) is 17.0 Å². The second kappa shape index (κ2) is 4.54. The van der Waals surface area contributed by atoms with Crippen molar-refractivity contribution in [1.82, 2.24) is 4.57 Å². The zero-order valence-electron chi connectivity index (χ0n) is 7.94. The van der Waals surface area contributed by atoms with E-state index in [0.29, 0.717) is 5.56 Å². The minimum atomic E-state index is -0.562. The highest BCUT2D eigenvalue weighted by molar-refractivity contribution is 9.10. The van der Waals surface area contributed by atoms with E-state index in [4.69, 9.17) is 5.11 Å². The molecular formula is C8H9BrN2O4. The lowest BCUT2D eigenvalue weighted by Crippen LogP contribution is -2.23. The fourth-order valence-corrected chi connectivity index (χ4v) is 1.59. The number of rotatable bonds is 3. The van der Waals surface area contributed by atoms with Gasteiger partial charge < -0.3 is 9.67 Å². The quantitative estimate of drug-likeness (QED) is 0.654. The van der Waals surface area contributed by atoms with Crippen molar-refractivity contribution in [2.75, 3.05) is 6.61 Å². The van der Waals surface area contributed by atoms with Crippen LogP contribution < -0.4 is 5.56 Å². The van der Waals surface area contributed by atoms with Crippen LogP contribution in [0.25, 0.3) is 0 Å². The molecule has 0 amide bonds. The van der Waals surface area contributed by atoms with E-state index in [9.17, 15) is 14.9 Å². The Morgan fingerprint density at radius 3 is 2.73 bits per heavy atom. The van der Waals surface area contributed by atoms with Gasteiger partial charge in [0.05, 0.1) is 22.2 Å². The van der Waals surface area contributed by atoms with E-state index in [2.05, 4.69) is 15.9 Å². The molecule has 1 rings (SSSR count). The third-order valence-electron chi connectivity index (χ3n) is 1.98. The number of hydrogen-bond acceptors (Lipinski definition) is 4. The average molecular weight is 277 g/mol. The predicted octanol–water partition coefficient (Wildman–Crippen LogP) is 0.820. The standard InChI is InChI=1S/C8H9BrN2O4/c1-5-6(11(14)15)4-10(2-3-12)8(13)7(5)9/h4,12H,2-3H2,1H3. The number of aromatic nitrogens is 1. The summed E-state index contributed by atoms with van der Waals surface area (Å²) in [5.41, 5.74) is -0.235. The van der Waals surface area contributed by atoms with Crippen LogP contribution in [0.15, 0.2) is 15.5 Å². The molecule has 6 nitrogen and oxygen atoms in total. The first-order valence-corrected chi connectivity index (χ1v) is 4.93. The van der Waals surface area contributed by atoms with E-state index in [1.807, 2.05) is 0 Å². The number of nitrogens with zero attached hydrogens (tertiary/aromatic N) is 2. The van der Waals surface area contributed by atoms with Crippen LogP contribution in [0.1, 0.15) is 5.56 Å². The van der Waals surface area contributed by atoms with Gasteiger partial charge in [-0.3, -0.25) is 14.9 Å². The Labute approximate surface area is 93.4 Å². The average Bonchev–Trinajstić information content (AvgIpc) is 2.18. The van der Waals surface area contributed by atoms with Crippen molar-refractivity contribution in [2.45, 2.75) is 13.5 Å². The van der Waals surface area contributed by atoms with E-state index < -0.39 is 4.92 Å². The molecule has 1 heterocycles. The summed E-state index contributed by atoms with van der Waals surface area (Å²) in [5, 5.41) is 19.3. The molecule has 0 unspecified atom stereocenters. The highest BCUT2D eigenvalue weighted by Crippen LogP contribution is 2.21. The van der Waals surface area contributed by atoms with E-state index in [0.717, 1.165) is 10.8 Å². The summed E-state index contributed by atoms with van der Waals surface area (Å²) in [6, 6.07) is 0. The van der Waals surface area contributed by atoms with Gasteiger partial charge in [0.2, 0.25) is 0 Å². The molecule has 0 spiro atoms. The predicted molar refractivity (Wildman–Crippen MR) is 56.9 cm³/mol. The van der Waals surface area contributed by atoms with Crippen molar-refractivity contribution < 1.29 is 10.0 Å². The van der Waals surface area contributed by atoms with Gasteiger partial charge in [-0.25, -0.2) is 0 Å². The molecule has 15 heavy (non-hydrogen) atoms. The normalized spacial score (nSPS) is 10.3. The van der Waals surface area contributed by atoms with Gasteiger partial charge in [-0.05, 0) is 22.9 Å². The fraction of sp³-hybridized carbons (Fsp3) is 0.375. The van der Waals surface area contributed by atoms with Gasteiger partial charge in [-0.2, -0.15) is 0 Å². The summed E-state index contributed by atoms with van der Waals surface area (Å²) < 4.78 is 1.26. The third kappa shape index (κ3) is 2.24. The van der Waals surface area contributed by atoms with Crippen LogP contribution in [0.3, 0.4) is 0 Å². The minimum Gasteiger partial charge on any atom is -0.395 e. The molecule has 0 bridgehead atoms. The van der Waals surface area contributed by atoms with E-state index >= 15 is 0 Å². The molecule has 0 aromatic carbocycles. The first-order chi connectivity index (χ1) is 6.99. The molecule has 7 heteroatoms.